The van der Waals surface area contributed by atoms with Crippen LogP contribution in [0.15, 0.2) is 36.4 Å². The molecule has 2 heterocycles. The number of piperidine rings is 1. The Labute approximate surface area is 253 Å². The van der Waals surface area contributed by atoms with Crippen LogP contribution >= 0.6 is 0 Å². The SMILES string of the molecule is COc1c(NC(=O)c2cc3cccc(OC4CCN(C(=O)OC(C)C)CC4)c3n2C)cc(C(C)(C)C)cc1NS(C)(=O)=O. The van der Waals surface area contributed by atoms with Crippen molar-refractivity contribution in [1.82, 2.24) is 9.47 Å². The van der Waals surface area contributed by atoms with Crippen LogP contribution in [-0.4, -0.2) is 68.5 Å². The summed E-state index contributed by atoms with van der Waals surface area (Å²) in [7, 11) is -0.386. The van der Waals surface area contributed by atoms with E-state index >= 15 is 0 Å². The second kappa shape index (κ2) is 12.4. The number of carbonyl (C=O) groups excluding carboxylic acids is 2. The number of aryl methyl sites for hydroxylation is 1. The van der Waals surface area contributed by atoms with Crippen molar-refractivity contribution >= 4 is 44.3 Å². The van der Waals surface area contributed by atoms with E-state index in [9.17, 15) is 18.0 Å². The zero-order valence-electron chi connectivity index (χ0n) is 26.1. The third kappa shape index (κ3) is 7.54. The predicted octanol–water partition coefficient (Wildman–Crippen LogP) is 5.50. The molecule has 1 aromatic heterocycles. The van der Waals surface area contributed by atoms with Gasteiger partial charge in [0.1, 0.15) is 17.5 Å². The summed E-state index contributed by atoms with van der Waals surface area (Å²) in [6.07, 6.45) is 1.82. The molecule has 0 aliphatic carbocycles. The molecule has 2 N–H and O–H groups in total. The van der Waals surface area contributed by atoms with E-state index in [0.29, 0.717) is 43.1 Å². The Morgan fingerprint density at radius 3 is 2.28 bits per heavy atom. The first-order chi connectivity index (χ1) is 20.1. The molecule has 11 nitrogen and oxygen atoms in total. The Morgan fingerprint density at radius 1 is 1.05 bits per heavy atom. The van der Waals surface area contributed by atoms with Crippen molar-refractivity contribution in [2.24, 2.45) is 7.05 Å². The molecule has 0 radical (unpaired) electrons. The first kappa shape index (κ1) is 32.0. The van der Waals surface area contributed by atoms with E-state index < -0.39 is 15.9 Å². The van der Waals surface area contributed by atoms with E-state index in [1.54, 1.807) is 34.7 Å². The van der Waals surface area contributed by atoms with Gasteiger partial charge in [-0.05, 0) is 49.1 Å². The number of amides is 2. The van der Waals surface area contributed by atoms with Crippen molar-refractivity contribution in [3.05, 3.63) is 47.7 Å². The third-order valence-electron chi connectivity index (χ3n) is 7.28. The number of likely N-dealkylation sites (tertiary alicyclic amines) is 1. The summed E-state index contributed by atoms with van der Waals surface area (Å²) >= 11 is 0. The number of ether oxygens (including phenoxy) is 3. The van der Waals surface area contributed by atoms with Gasteiger partial charge in [-0.15, -0.1) is 0 Å². The summed E-state index contributed by atoms with van der Waals surface area (Å²) in [5.41, 5.74) is 2.21. The lowest BCUT2D eigenvalue weighted by Gasteiger charge is -2.32. The van der Waals surface area contributed by atoms with Gasteiger partial charge < -0.3 is 29.0 Å². The van der Waals surface area contributed by atoms with Crippen molar-refractivity contribution in [2.75, 3.05) is 36.5 Å². The number of para-hydroxylation sites is 1. The topological polar surface area (TPSA) is 128 Å². The van der Waals surface area contributed by atoms with Crippen LogP contribution in [-0.2, 0) is 27.2 Å². The molecule has 1 saturated heterocycles. The largest absolute Gasteiger partial charge is 0.492 e. The molecule has 2 amide bonds. The summed E-state index contributed by atoms with van der Waals surface area (Å²) in [5.74, 6) is 0.462. The molecule has 2 aromatic carbocycles. The lowest BCUT2D eigenvalue weighted by atomic mass is 9.86. The number of benzene rings is 2. The van der Waals surface area contributed by atoms with Gasteiger partial charge in [-0.2, -0.15) is 0 Å². The maximum absolute atomic E-state index is 13.7. The molecule has 1 aliphatic rings. The molecule has 3 aromatic rings. The zero-order chi connectivity index (χ0) is 31.7. The van der Waals surface area contributed by atoms with E-state index in [2.05, 4.69) is 10.0 Å². The maximum atomic E-state index is 13.7. The number of methoxy groups -OCH3 is 1. The Kier molecular flexibility index (Phi) is 9.19. The van der Waals surface area contributed by atoms with Crippen LogP contribution in [0, 0.1) is 0 Å². The molecular weight excluding hydrogens is 572 g/mol. The minimum absolute atomic E-state index is 0.0916. The van der Waals surface area contributed by atoms with Crippen LogP contribution < -0.4 is 19.5 Å². The van der Waals surface area contributed by atoms with Crippen LogP contribution in [0.3, 0.4) is 0 Å². The van der Waals surface area contributed by atoms with Crippen LogP contribution in [0.5, 0.6) is 11.5 Å². The minimum Gasteiger partial charge on any atom is -0.492 e. The molecule has 4 rings (SSSR count). The fourth-order valence-electron chi connectivity index (χ4n) is 5.14. The van der Waals surface area contributed by atoms with E-state index in [1.807, 2.05) is 52.8 Å². The molecule has 0 bridgehead atoms. The van der Waals surface area contributed by atoms with E-state index in [4.69, 9.17) is 14.2 Å². The van der Waals surface area contributed by atoms with Gasteiger partial charge in [-0.1, -0.05) is 32.9 Å². The van der Waals surface area contributed by atoms with E-state index in [0.717, 1.165) is 22.7 Å². The van der Waals surface area contributed by atoms with Gasteiger partial charge >= 0.3 is 6.09 Å². The molecule has 234 valence electrons. The number of nitrogens with one attached hydrogen (secondary N) is 2. The fourth-order valence-corrected chi connectivity index (χ4v) is 5.69. The lowest BCUT2D eigenvalue weighted by molar-refractivity contribution is 0.0519. The highest BCUT2D eigenvalue weighted by Crippen LogP contribution is 2.39. The average Bonchev–Trinajstić information content (AvgIpc) is 3.24. The summed E-state index contributed by atoms with van der Waals surface area (Å²) < 4.78 is 45.8. The molecule has 0 atom stereocenters. The van der Waals surface area contributed by atoms with Crippen molar-refractivity contribution < 1.29 is 32.2 Å². The fraction of sp³-hybridized carbons (Fsp3) is 0.484. The number of hydrogen-bond donors (Lipinski definition) is 2. The summed E-state index contributed by atoms with van der Waals surface area (Å²) in [6.45, 7) is 10.7. The molecule has 1 aliphatic heterocycles. The van der Waals surface area contributed by atoms with Gasteiger partial charge in [0.25, 0.3) is 5.91 Å². The second-order valence-electron chi connectivity index (χ2n) is 12.2. The molecule has 0 saturated carbocycles. The van der Waals surface area contributed by atoms with Crippen LogP contribution in [0.25, 0.3) is 10.9 Å². The minimum atomic E-state index is -3.61. The van der Waals surface area contributed by atoms with E-state index in [1.165, 1.54) is 7.11 Å². The van der Waals surface area contributed by atoms with Gasteiger partial charge in [-0.3, -0.25) is 9.52 Å². The number of sulfonamides is 1. The first-order valence-electron chi connectivity index (χ1n) is 14.3. The molecule has 43 heavy (non-hydrogen) atoms. The molecular formula is C31H42N4O7S. The standard InChI is InChI=1S/C31H42N4O7S/c1-19(2)41-30(37)35-14-12-22(13-15-35)42-26-11-9-10-20-16-25(34(6)27(20)26)29(36)32-23-17-21(31(3,4)5)18-24(28(23)40-7)33-43(8,38)39/h9-11,16-19,22,33H,12-15H2,1-8H3,(H,32,36). The first-order valence-corrected chi connectivity index (χ1v) is 16.2. The highest BCUT2D eigenvalue weighted by atomic mass is 32.2. The number of anilines is 2. The highest BCUT2D eigenvalue weighted by molar-refractivity contribution is 7.92. The number of nitrogens with zero attached hydrogens (tertiary/aromatic N) is 2. The van der Waals surface area contributed by atoms with Gasteiger partial charge in [-0.25, -0.2) is 13.2 Å². The van der Waals surface area contributed by atoms with Crippen molar-refractivity contribution in [3.8, 4) is 11.5 Å². The van der Waals surface area contributed by atoms with Crippen molar-refractivity contribution in [1.29, 1.82) is 0 Å². The monoisotopic (exact) mass is 614 g/mol. The zero-order valence-corrected chi connectivity index (χ0v) is 26.9. The van der Waals surface area contributed by atoms with Gasteiger partial charge in [0, 0.05) is 38.4 Å². The smallest absolute Gasteiger partial charge is 0.410 e. The highest BCUT2D eigenvalue weighted by Gasteiger charge is 2.27. The lowest BCUT2D eigenvalue weighted by Crippen LogP contribution is -2.42. The predicted molar refractivity (Wildman–Crippen MR) is 168 cm³/mol. The second-order valence-corrected chi connectivity index (χ2v) is 14.0. The van der Waals surface area contributed by atoms with Crippen LogP contribution in [0.4, 0.5) is 16.2 Å². The summed E-state index contributed by atoms with van der Waals surface area (Å²) in [4.78, 5) is 27.7. The summed E-state index contributed by atoms with van der Waals surface area (Å²) in [5, 5.41) is 3.77. The number of hydrogen-bond acceptors (Lipinski definition) is 7. The summed E-state index contributed by atoms with van der Waals surface area (Å²) in [6, 6.07) is 11.0. The Morgan fingerprint density at radius 2 is 1.70 bits per heavy atom. The molecule has 0 spiro atoms. The van der Waals surface area contributed by atoms with Gasteiger partial charge in [0.15, 0.2) is 5.75 Å². The van der Waals surface area contributed by atoms with Crippen molar-refractivity contribution in [2.45, 2.75) is 65.1 Å². The Hall–Kier alpha value is -3.93. The third-order valence-corrected chi connectivity index (χ3v) is 7.88. The van der Waals surface area contributed by atoms with Gasteiger partial charge in [0.05, 0.1) is 36.4 Å². The van der Waals surface area contributed by atoms with Gasteiger partial charge in [0.2, 0.25) is 10.0 Å². The number of carbonyl (C=O) groups is 2. The number of fused-ring (bicyclic) bond motifs is 1. The number of aromatic nitrogens is 1. The van der Waals surface area contributed by atoms with E-state index in [-0.39, 0.29) is 35.2 Å². The molecule has 12 heteroatoms. The Balaban J connectivity index is 1.60. The van der Waals surface area contributed by atoms with Crippen LogP contribution in [0.1, 0.15) is 63.5 Å². The number of rotatable bonds is 8. The Bertz CT molecular complexity index is 1610. The normalized spacial score (nSPS) is 14.6. The van der Waals surface area contributed by atoms with Crippen LogP contribution in [0.2, 0.25) is 0 Å². The maximum Gasteiger partial charge on any atom is 0.410 e. The van der Waals surface area contributed by atoms with Crippen molar-refractivity contribution in [3.63, 3.8) is 0 Å². The quantitative estimate of drug-likeness (QED) is 0.343. The average molecular weight is 615 g/mol. The molecule has 0 unspecified atom stereocenters. The molecule has 1 fully saturated rings.